The number of hydrogen-bond acceptors (Lipinski definition) is 5. The van der Waals surface area contributed by atoms with Crippen LogP contribution < -0.4 is 10.1 Å². The van der Waals surface area contributed by atoms with Crippen molar-refractivity contribution < 1.29 is 27.4 Å². The number of rotatable bonds is 8. The highest BCUT2D eigenvalue weighted by molar-refractivity contribution is 5.92. The summed E-state index contributed by atoms with van der Waals surface area (Å²) in [4.78, 5) is 17.1. The Balaban J connectivity index is 0.00000242. The van der Waals surface area contributed by atoms with E-state index in [1.807, 2.05) is 18.2 Å². The van der Waals surface area contributed by atoms with E-state index in [1.165, 1.54) is 11.1 Å². The topological polar surface area (TPSA) is 54.0 Å². The van der Waals surface area contributed by atoms with Gasteiger partial charge in [-0.1, -0.05) is 18.2 Å². The summed E-state index contributed by atoms with van der Waals surface area (Å²) in [6.07, 6.45) is 2.03. The van der Waals surface area contributed by atoms with Crippen LogP contribution in [0.2, 0.25) is 0 Å². The van der Waals surface area contributed by atoms with Gasteiger partial charge >= 0.3 is 0 Å². The Morgan fingerprint density at radius 3 is 2.24 bits per heavy atom. The number of piperidine rings is 1. The summed E-state index contributed by atoms with van der Waals surface area (Å²) in [5.74, 6) is -2.96. The third kappa shape index (κ3) is 8.84. The second-order valence-electron chi connectivity index (χ2n) is 10.5. The van der Waals surface area contributed by atoms with Crippen LogP contribution in [0.3, 0.4) is 0 Å². The van der Waals surface area contributed by atoms with Gasteiger partial charge in [-0.15, -0.1) is 24.8 Å². The van der Waals surface area contributed by atoms with Crippen LogP contribution >= 0.6 is 24.8 Å². The summed E-state index contributed by atoms with van der Waals surface area (Å²) in [6.45, 7) is 8.04. The predicted molar refractivity (Wildman–Crippen MR) is 162 cm³/mol. The number of likely N-dealkylation sites (tertiary alicyclic amines) is 1. The number of carbonyl (C=O) groups excluding carboxylic acids is 1. The SMILES string of the molecule is Cc1ccc(NC(=O)CN2CCOCC2)cc1C1CCN(Cc2ccc(Oc3cc(F)c(F)cc3F)cc2)CC1.Cl.Cl. The molecular formula is C31H36Cl2F3N3O3. The monoisotopic (exact) mass is 625 g/mol. The van der Waals surface area contributed by atoms with Crippen molar-refractivity contribution in [2.45, 2.75) is 32.2 Å². The van der Waals surface area contributed by atoms with Crippen molar-refractivity contribution in [3.63, 3.8) is 0 Å². The van der Waals surface area contributed by atoms with E-state index in [9.17, 15) is 18.0 Å². The molecule has 0 radical (unpaired) electrons. The Bertz CT molecular complexity index is 1330. The molecule has 3 aromatic carbocycles. The Morgan fingerprint density at radius 1 is 0.881 bits per heavy atom. The molecule has 42 heavy (non-hydrogen) atoms. The zero-order chi connectivity index (χ0) is 28.1. The lowest BCUT2D eigenvalue weighted by Gasteiger charge is -2.33. The number of halogens is 5. The van der Waals surface area contributed by atoms with E-state index in [4.69, 9.17) is 9.47 Å². The maximum atomic E-state index is 13.9. The third-order valence-corrected chi connectivity index (χ3v) is 7.59. The lowest BCUT2D eigenvalue weighted by atomic mass is 9.86. The molecule has 0 bridgehead atoms. The maximum absolute atomic E-state index is 13.9. The number of anilines is 1. The molecule has 2 fully saturated rings. The molecule has 2 heterocycles. The Hall–Kier alpha value is -2.82. The standard InChI is InChI=1S/C31H34F3N3O3.2ClH/c1-21-2-5-24(35-31(38)20-37-12-14-39-15-13-37)16-26(21)23-8-10-36(11-9-23)19-22-3-6-25(7-4-22)40-30-18-28(33)27(32)17-29(30)34;;/h2-7,16-18,23H,8-15,19-20H2,1H3,(H,35,38);2*1H. The summed E-state index contributed by atoms with van der Waals surface area (Å²) in [6, 6.07) is 14.6. The van der Waals surface area contributed by atoms with Crippen LogP contribution in [-0.4, -0.2) is 61.6 Å². The largest absolute Gasteiger partial charge is 0.454 e. The first-order valence-electron chi connectivity index (χ1n) is 13.7. The van der Waals surface area contributed by atoms with Crippen LogP contribution in [0.1, 0.15) is 35.4 Å². The number of ether oxygens (including phenoxy) is 2. The zero-order valence-corrected chi connectivity index (χ0v) is 25.0. The highest BCUT2D eigenvalue weighted by atomic mass is 35.5. The van der Waals surface area contributed by atoms with Gasteiger partial charge in [0.2, 0.25) is 5.91 Å². The maximum Gasteiger partial charge on any atom is 0.238 e. The lowest BCUT2D eigenvalue weighted by molar-refractivity contribution is -0.118. The van der Waals surface area contributed by atoms with Gasteiger partial charge < -0.3 is 14.8 Å². The normalized spacial score (nSPS) is 16.3. The number of aryl methyl sites for hydroxylation is 1. The van der Waals surface area contributed by atoms with E-state index in [0.717, 1.165) is 56.8 Å². The van der Waals surface area contributed by atoms with E-state index in [2.05, 4.69) is 34.2 Å². The zero-order valence-electron chi connectivity index (χ0n) is 23.4. The van der Waals surface area contributed by atoms with Gasteiger partial charge in [-0.2, -0.15) is 0 Å². The summed E-state index contributed by atoms with van der Waals surface area (Å²) in [5.41, 5.74) is 4.44. The quantitative estimate of drug-likeness (QED) is 0.282. The lowest BCUT2D eigenvalue weighted by Crippen LogP contribution is -2.41. The smallest absolute Gasteiger partial charge is 0.238 e. The highest BCUT2D eigenvalue weighted by Crippen LogP contribution is 2.33. The van der Waals surface area contributed by atoms with E-state index in [-0.39, 0.29) is 36.5 Å². The number of hydrogen-bond donors (Lipinski definition) is 1. The molecule has 2 aliphatic rings. The van der Waals surface area contributed by atoms with Crippen molar-refractivity contribution in [3.05, 3.63) is 88.7 Å². The predicted octanol–water partition coefficient (Wildman–Crippen LogP) is 6.70. The van der Waals surface area contributed by atoms with Gasteiger partial charge in [-0.25, -0.2) is 13.2 Å². The first-order chi connectivity index (χ1) is 19.3. The minimum atomic E-state index is -1.25. The molecule has 2 aliphatic heterocycles. The molecule has 0 aromatic heterocycles. The van der Waals surface area contributed by atoms with E-state index in [1.54, 1.807) is 12.1 Å². The molecule has 228 valence electrons. The summed E-state index contributed by atoms with van der Waals surface area (Å²) in [5, 5.41) is 3.07. The summed E-state index contributed by atoms with van der Waals surface area (Å²) in [7, 11) is 0. The van der Waals surface area contributed by atoms with Gasteiger partial charge in [-0.3, -0.25) is 14.6 Å². The fraction of sp³-hybridized carbons (Fsp3) is 0.387. The molecule has 1 N–H and O–H groups in total. The van der Waals surface area contributed by atoms with Gasteiger partial charge in [0.25, 0.3) is 0 Å². The first-order valence-corrected chi connectivity index (χ1v) is 13.7. The number of benzene rings is 3. The van der Waals surface area contributed by atoms with E-state index >= 15 is 0 Å². The van der Waals surface area contributed by atoms with Gasteiger partial charge in [0.05, 0.1) is 19.8 Å². The molecule has 0 aliphatic carbocycles. The van der Waals surface area contributed by atoms with Crippen molar-refractivity contribution >= 4 is 36.4 Å². The van der Waals surface area contributed by atoms with Gasteiger partial charge in [0, 0.05) is 37.5 Å². The molecule has 6 nitrogen and oxygen atoms in total. The molecular weight excluding hydrogens is 590 g/mol. The Labute approximate surface area is 257 Å². The fourth-order valence-electron chi connectivity index (χ4n) is 5.35. The number of amides is 1. The van der Waals surface area contributed by atoms with Crippen LogP contribution in [0.25, 0.3) is 0 Å². The number of nitrogens with one attached hydrogen (secondary N) is 1. The van der Waals surface area contributed by atoms with Crippen LogP contribution in [-0.2, 0) is 16.1 Å². The fourth-order valence-corrected chi connectivity index (χ4v) is 5.35. The molecule has 3 aromatic rings. The third-order valence-electron chi connectivity index (χ3n) is 7.59. The van der Waals surface area contributed by atoms with E-state index < -0.39 is 17.5 Å². The van der Waals surface area contributed by atoms with Gasteiger partial charge in [0.1, 0.15) is 5.75 Å². The molecule has 11 heteroatoms. The van der Waals surface area contributed by atoms with Crippen LogP contribution in [0.4, 0.5) is 18.9 Å². The highest BCUT2D eigenvalue weighted by Gasteiger charge is 2.23. The van der Waals surface area contributed by atoms with Crippen molar-refractivity contribution in [2.75, 3.05) is 51.3 Å². The van der Waals surface area contributed by atoms with Crippen LogP contribution in [0.5, 0.6) is 11.5 Å². The summed E-state index contributed by atoms with van der Waals surface area (Å²) < 4.78 is 51.2. The Morgan fingerprint density at radius 2 is 1.55 bits per heavy atom. The molecule has 5 rings (SSSR count). The van der Waals surface area contributed by atoms with Crippen LogP contribution in [0, 0.1) is 24.4 Å². The van der Waals surface area contributed by atoms with Crippen LogP contribution in [0.15, 0.2) is 54.6 Å². The van der Waals surface area contributed by atoms with Crippen molar-refractivity contribution in [3.8, 4) is 11.5 Å². The van der Waals surface area contributed by atoms with Crippen molar-refractivity contribution in [2.24, 2.45) is 0 Å². The average molecular weight is 627 g/mol. The number of carbonyl (C=O) groups is 1. The molecule has 0 atom stereocenters. The van der Waals surface area contributed by atoms with Gasteiger partial charge in [0.15, 0.2) is 23.2 Å². The second kappa shape index (κ2) is 15.6. The first kappa shape index (κ1) is 33.7. The minimum absolute atomic E-state index is 0. The van der Waals surface area contributed by atoms with Gasteiger partial charge in [-0.05, 0) is 79.7 Å². The number of nitrogens with zero attached hydrogens (tertiary/aromatic N) is 2. The molecule has 0 spiro atoms. The van der Waals surface area contributed by atoms with E-state index in [0.29, 0.717) is 43.6 Å². The minimum Gasteiger partial charge on any atom is -0.454 e. The second-order valence-corrected chi connectivity index (χ2v) is 10.5. The average Bonchev–Trinajstić information content (AvgIpc) is 2.95. The molecule has 0 unspecified atom stereocenters. The molecule has 0 saturated carbocycles. The summed E-state index contributed by atoms with van der Waals surface area (Å²) >= 11 is 0. The Kier molecular flexibility index (Phi) is 12.5. The number of morpholine rings is 1. The molecule has 2 saturated heterocycles. The van der Waals surface area contributed by atoms with Crippen molar-refractivity contribution in [1.29, 1.82) is 0 Å². The van der Waals surface area contributed by atoms with Crippen molar-refractivity contribution in [1.82, 2.24) is 9.80 Å². The molecule has 1 amide bonds.